The number of hydrogen-bond acceptors (Lipinski definition) is 12. The molecule has 0 saturated carbocycles. The Balaban J connectivity index is 1.60. The van der Waals surface area contributed by atoms with E-state index in [4.69, 9.17) is 4.74 Å². The molecule has 0 saturated heterocycles. The Morgan fingerprint density at radius 3 is 1.17 bits per heavy atom. The highest BCUT2D eigenvalue weighted by molar-refractivity contribution is 5.59. The van der Waals surface area contributed by atoms with Gasteiger partial charge in [-0.15, -0.1) is 5.26 Å². The second kappa shape index (κ2) is 16.6. The first-order chi connectivity index (χ1) is 30.1. The summed E-state index contributed by atoms with van der Waals surface area (Å²) >= 11 is 0. The van der Waals surface area contributed by atoms with Gasteiger partial charge in [0.25, 0.3) is 6.26 Å². The number of aliphatic imine (C=N–C) groups is 2. The van der Waals surface area contributed by atoms with E-state index in [1.54, 1.807) is 53.0 Å². The van der Waals surface area contributed by atoms with E-state index in [1.165, 1.54) is 91.0 Å². The average molecular weight is 844 g/mol. The Morgan fingerprint density at radius 1 is 0.413 bits per heavy atom. The third-order valence-corrected chi connectivity index (χ3v) is 10.6. The maximum atomic E-state index is 14.7. The normalized spacial score (nSPS) is 10.7. The van der Waals surface area contributed by atoms with Gasteiger partial charge in [-0.3, -0.25) is 0 Å². The fourth-order valence-corrected chi connectivity index (χ4v) is 6.94. The Labute approximate surface area is 354 Å². The topological polar surface area (TPSA) is 224 Å². The number of isocyanates is 2. The first-order valence-electron chi connectivity index (χ1n) is 18.9. The summed E-state index contributed by atoms with van der Waals surface area (Å²) < 4.78 is 9.22. The molecule has 0 radical (unpaired) electrons. The summed E-state index contributed by atoms with van der Waals surface area (Å²) in [6.07, 6.45) is 4.45. The van der Waals surface area contributed by atoms with Crippen LogP contribution >= 0.6 is 0 Å². The molecule has 63 heavy (non-hydrogen) atoms. The van der Waals surface area contributed by atoms with Crippen LogP contribution in [0.4, 0.5) is 11.4 Å². The van der Waals surface area contributed by atoms with Crippen molar-refractivity contribution in [2.45, 2.75) is 41.5 Å². The first kappa shape index (κ1) is 42.1. The molecule has 18 nitrogen and oxygen atoms in total. The van der Waals surface area contributed by atoms with Crippen LogP contribution in [0, 0.1) is 53.1 Å². The molecule has 0 aliphatic heterocycles. The number of ether oxygens (including phenoxy) is 1. The standard InChI is InChI=1S/C45H33N9O9/c1-25-7-12-31(17-30(25)6)49-40(57)51(33-14-9-27(3)37(19-33)48-24-56)45(62)54(44(49)61)38-20-34(15-10-28(38)4)52-41(58)50(32-13-8-26(2)36(18-32)47-23-55)42(59)53(43(52)60)35-16-11-29(5)39(21-35)63-22-46/h7-21H,1-6H3. The zero-order valence-corrected chi connectivity index (χ0v) is 34.4. The minimum absolute atomic E-state index is 0.00868. The van der Waals surface area contributed by atoms with Crippen LogP contribution in [-0.4, -0.2) is 39.6 Å². The molecule has 2 heterocycles. The predicted octanol–water partition coefficient (Wildman–Crippen LogP) is 4.24. The average Bonchev–Trinajstić information content (AvgIpc) is 3.24. The summed E-state index contributed by atoms with van der Waals surface area (Å²) in [7, 11) is 0. The highest BCUT2D eigenvalue weighted by atomic mass is 16.5. The van der Waals surface area contributed by atoms with Crippen molar-refractivity contribution in [2.24, 2.45) is 9.98 Å². The van der Waals surface area contributed by atoms with Gasteiger partial charge in [0, 0.05) is 6.07 Å². The second-order valence-electron chi connectivity index (χ2n) is 14.4. The van der Waals surface area contributed by atoms with Gasteiger partial charge in [0.15, 0.2) is 0 Å². The summed E-state index contributed by atoms with van der Waals surface area (Å²) in [5, 5.41) is 9.28. The van der Waals surface area contributed by atoms with Gasteiger partial charge in [-0.2, -0.15) is 9.98 Å². The molecule has 0 aliphatic carbocycles. The van der Waals surface area contributed by atoms with Gasteiger partial charge in [-0.1, -0.05) is 30.3 Å². The van der Waals surface area contributed by atoms with Gasteiger partial charge >= 0.3 is 34.1 Å². The van der Waals surface area contributed by atoms with Crippen molar-refractivity contribution in [2.75, 3.05) is 0 Å². The molecule has 312 valence electrons. The van der Waals surface area contributed by atoms with Crippen molar-refractivity contribution in [3.05, 3.63) is 187 Å². The molecular formula is C45H33N9O9. The van der Waals surface area contributed by atoms with Crippen molar-refractivity contribution in [1.82, 2.24) is 27.4 Å². The number of nitrogens with zero attached hydrogens (tertiary/aromatic N) is 9. The van der Waals surface area contributed by atoms with Crippen molar-refractivity contribution in [3.8, 4) is 46.1 Å². The summed E-state index contributed by atoms with van der Waals surface area (Å²) in [4.78, 5) is 117. The highest BCUT2D eigenvalue weighted by Gasteiger charge is 2.25. The number of aromatic nitrogens is 6. The molecule has 7 aromatic rings. The van der Waals surface area contributed by atoms with Crippen LogP contribution in [-0.2, 0) is 9.59 Å². The number of carbonyl (C=O) groups excluding carboxylic acids is 2. The molecule has 5 aromatic carbocycles. The zero-order valence-electron chi connectivity index (χ0n) is 34.4. The Kier molecular flexibility index (Phi) is 11.1. The number of rotatable bonds is 9. The third kappa shape index (κ3) is 7.34. The fraction of sp³-hybridized carbons (Fsp3) is 0.133. The van der Waals surface area contributed by atoms with Crippen molar-refractivity contribution >= 4 is 23.5 Å². The lowest BCUT2D eigenvalue weighted by Crippen LogP contribution is -2.53. The van der Waals surface area contributed by atoms with Gasteiger partial charge in [-0.25, -0.2) is 65.8 Å². The second-order valence-corrected chi connectivity index (χ2v) is 14.4. The molecule has 0 N–H and O–H groups in total. The molecule has 7 rings (SSSR count). The highest BCUT2D eigenvalue weighted by Crippen LogP contribution is 2.24. The van der Waals surface area contributed by atoms with E-state index in [9.17, 15) is 43.6 Å². The van der Waals surface area contributed by atoms with E-state index in [-0.39, 0.29) is 56.8 Å². The molecule has 0 atom stereocenters. The van der Waals surface area contributed by atoms with Crippen LogP contribution in [0.5, 0.6) is 5.75 Å². The Hall–Kier alpha value is -9.03. The van der Waals surface area contributed by atoms with Crippen molar-refractivity contribution in [1.29, 1.82) is 5.26 Å². The number of aryl methyl sites for hydroxylation is 6. The van der Waals surface area contributed by atoms with Gasteiger partial charge in [0.2, 0.25) is 12.2 Å². The van der Waals surface area contributed by atoms with Crippen molar-refractivity contribution in [3.63, 3.8) is 0 Å². The predicted molar refractivity (Wildman–Crippen MR) is 230 cm³/mol. The molecule has 0 amide bonds. The molecule has 2 aromatic heterocycles. The Morgan fingerprint density at radius 2 is 0.762 bits per heavy atom. The maximum absolute atomic E-state index is 14.7. The lowest BCUT2D eigenvalue weighted by atomic mass is 10.1. The lowest BCUT2D eigenvalue weighted by Gasteiger charge is -2.18. The molecule has 18 heteroatoms. The molecular weight excluding hydrogens is 811 g/mol. The minimum Gasteiger partial charge on any atom is -0.388 e. The molecule has 0 unspecified atom stereocenters. The summed E-state index contributed by atoms with van der Waals surface area (Å²) in [5.74, 6) is 0.00868. The van der Waals surface area contributed by atoms with E-state index in [1.807, 2.05) is 6.92 Å². The SMILES string of the molecule is Cc1ccc(-n2c(=O)n(-c3ccc(C)c(N=C=O)c3)c(=O)n(-c3cc(-n4c(=O)n(-c5ccc(C)c(N=C=O)c5)c(=O)n(-c5ccc(C)c(OC#N)c5)c4=O)ccc3C)c2=O)cc1C. The monoisotopic (exact) mass is 843 g/mol. The van der Waals surface area contributed by atoms with Crippen LogP contribution in [0.15, 0.2) is 130 Å². The summed E-state index contributed by atoms with van der Waals surface area (Å²) in [6, 6.07) is 21.4. The van der Waals surface area contributed by atoms with E-state index < -0.39 is 34.1 Å². The van der Waals surface area contributed by atoms with E-state index in [0.29, 0.717) is 35.0 Å². The van der Waals surface area contributed by atoms with Crippen molar-refractivity contribution < 1.29 is 14.3 Å². The first-order valence-corrected chi connectivity index (χ1v) is 18.9. The van der Waals surface area contributed by atoms with Gasteiger partial charge in [0.1, 0.15) is 5.75 Å². The van der Waals surface area contributed by atoms with Crippen LogP contribution in [0.25, 0.3) is 34.1 Å². The Bertz CT molecular complexity index is 3620. The fourth-order valence-electron chi connectivity index (χ4n) is 6.94. The minimum atomic E-state index is -1.20. The maximum Gasteiger partial charge on any atom is 0.345 e. The van der Waals surface area contributed by atoms with E-state index >= 15 is 0 Å². The number of hydrogen-bond donors (Lipinski definition) is 0. The number of nitriles is 1. The van der Waals surface area contributed by atoms with Gasteiger partial charge in [-0.05, 0) is 130 Å². The van der Waals surface area contributed by atoms with Crippen LogP contribution in [0.3, 0.4) is 0 Å². The molecule has 0 spiro atoms. The molecule has 0 bridgehead atoms. The van der Waals surface area contributed by atoms with E-state index in [2.05, 4.69) is 9.98 Å². The van der Waals surface area contributed by atoms with Crippen LogP contribution < -0.4 is 38.9 Å². The van der Waals surface area contributed by atoms with E-state index in [0.717, 1.165) is 20.3 Å². The third-order valence-electron chi connectivity index (χ3n) is 10.6. The quantitative estimate of drug-likeness (QED) is 0.114. The zero-order chi connectivity index (χ0) is 45.4. The van der Waals surface area contributed by atoms with Crippen LogP contribution in [0.1, 0.15) is 33.4 Å². The van der Waals surface area contributed by atoms with Crippen LogP contribution in [0.2, 0.25) is 0 Å². The molecule has 0 fully saturated rings. The van der Waals surface area contributed by atoms with Gasteiger partial charge < -0.3 is 4.74 Å². The summed E-state index contributed by atoms with van der Waals surface area (Å²) in [6.45, 7) is 10.1. The smallest absolute Gasteiger partial charge is 0.345 e. The summed E-state index contributed by atoms with van der Waals surface area (Å²) in [5.41, 5.74) is -3.86. The lowest BCUT2D eigenvalue weighted by molar-refractivity contribution is 0.502. The largest absolute Gasteiger partial charge is 0.388 e. The molecule has 0 aliphatic rings. The number of benzene rings is 5. The van der Waals surface area contributed by atoms with Gasteiger partial charge in [0.05, 0.1) is 45.5 Å².